The summed E-state index contributed by atoms with van der Waals surface area (Å²) in [6, 6.07) is 2.00. The molecule has 0 spiro atoms. The van der Waals surface area contributed by atoms with Crippen LogP contribution in [0.25, 0.3) is 0 Å². The average molecular weight is 195 g/mol. The van der Waals surface area contributed by atoms with Gasteiger partial charge in [-0.15, -0.1) is 0 Å². The van der Waals surface area contributed by atoms with Gasteiger partial charge < -0.3 is 15.6 Å². The molecule has 0 fully saturated rings. The minimum absolute atomic E-state index is 0.0937. The van der Waals surface area contributed by atoms with Gasteiger partial charge in [-0.05, 0) is 18.1 Å². The van der Waals surface area contributed by atoms with Crippen molar-refractivity contribution < 1.29 is 4.79 Å². The molecule has 0 saturated carbocycles. The van der Waals surface area contributed by atoms with Crippen LogP contribution in [0.3, 0.4) is 0 Å². The van der Waals surface area contributed by atoms with Crippen molar-refractivity contribution in [3.05, 3.63) is 24.0 Å². The van der Waals surface area contributed by atoms with Crippen LogP contribution in [0, 0.1) is 0 Å². The topological polar surface area (TPSA) is 60.0 Å². The third-order valence-corrected chi connectivity index (χ3v) is 2.15. The van der Waals surface area contributed by atoms with Crippen LogP contribution in [0.2, 0.25) is 0 Å². The zero-order chi connectivity index (χ0) is 10.4. The molecule has 0 aliphatic carbocycles. The SMILES string of the molecule is CNC(=O)CCCn1ccc(CN)c1. The first kappa shape index (κ1) is 10.8. The summed E-state index contributed by atoms with van der Waals surface area (Å²) in [4.78, 5) is 10.9. The largest absolute Gasteiger partial charge is 0.359 e. The van der Waals surface area contributed by atoms with Gasteiger partial charge in [0, 0.05) is 39.0 Å². The zero-order valence-corrected chi connectivity index (χ0v) is 8.49. The van der Waals surface area contributed by atoms with Gasteiger partial charge in [-0.1, -0.05) is 0 Å². The van der Waals surface area contributed by atoms with Crippen molar-refractivity contribution >= 4 is 5.91 Å². The fourth-order valence-corrected chi connectivity index (χ4v) is 1.30. The van der Waals surface area contributed by atoms with Crippen molar-refractivity contribution in [1.82, 2.24) is 9.88 Å². The lowest BCUT2D eigenvalue weighted by molar-refractivity contribution is -0.120. The summed E-state index contributed by atoms with van der Waals surface area (Å²) in [5.74, 6) is 0.0937. The van der Waals surface area contributed by atoms with Gasteiger partial charge in [0.15, 0.2) is 0 Å². The lowest BCUT2D eigenvalue weighted by Gasteiger charge is -2.01. The third kappa shape index (κ3) is 3.22. The molecule has 1 rings (SSSR count). The number of carbonyl (C=O) groups is 1. The van der Waals surface area contributed by atoms with Crippen molar-refractivity contribution in [3.8, 4) is 0 Å². The number of nitrogens with one attached hydrogen (secondary N) is 1. The molecule has 0 aromatic carbocycles. The Kier molecular flexibility index (Phi) is 4.19. The highest BCUT2D eigenvalue weighted by Gasteiger charge is 1.98. The predicted molar refractivity (Wildman–Crippen MR) is 55.6 cm³/mol. The molecular weight excluding hydrogens is 178 g/mol. The van der Waals surface area contributed by atoms with Gasteiger partial charge in [0.2, 0.25) is 5.91 Å². The van der Waals surface area contributed by atoms with Crippen LogP contribution >= 0.6 is 0 Å². The van der Waals surface area contributed by atoms with E-state index in [4.69, 9.17) is 5.73 Å². The van der Waals surface area contributed by atoms with E-state index in [2.05, 4.69) is 9.88 Å². The van der Waals surface area contributed by atoms with E-state index in [1.807, 2.05) is 18.5 Å². The Morgan fingerprint density at radius 1 is 1.64 bits per heavy atom. The van der Waals surface area contributed by atoms with Crippen molar-refractivity contribution in [2.45, 2.75) is 25.9 Å². The Morgan fingerprint density at radius 3 is 3.00 bits per heavy atom. The van der Waals surface area contributed by atoms with Crippen LogP contribution in [0.5, 0.6) is 0 Å². The highest BCUT2D eigenvalue weighted by Crippen LogP contribution is 2.02. The van der Waals surface area contributed by atoms with Gasteiger partial charge in [-0.25, -0.2) is 0 Å². The minimum atomic E-state index is 0.0937. The number of carbonyl (C=O) groups excluding carboxylic acids is 1. The lowest BCUT2D eigenvalue weighted by atomic mass is 10.3. The summed E-state index contributed by atoms with van der Waals surface area (Å²) in [5, 5.41) is 2.60. The monoisotopic (exact) mass is 195 g/mol. The quantitative estimate of drug-likeness (QED) is 0.717. The maximum Gasteiger partial charge on any atom is 0.219 e. The van der Waals surface area contributed by atoms with Crippen molar-refractivity contribution in [2.75, 3.05) is 7.05 Å². The summed E-state index contributed by atoms with van der Waals surface area (Å²) >= 11 is 0. The Morgan fingerprint density at radius 2 is 2.43 bits per heavy atom. The molecular formula is C10H17N3O. The number of aromatic nitrogens is 1. The summed E-state index contributed by atoms with van der Waals surface area (Å²) in [5.41, 5.74) is 6.61. The smallest absolute Gasteiger partial charge is 0.219 e. The first-order valence-electron chi connectivity index (χ1n) is 4.81. The van der Waals surface area contributed by atoms with Crippen LogP contribution in [0.4, 0.5) is 0 Å². The van der Waals surface area contributed by atoms with Gasteiger partial charge in [0.25, 0.3) is 0 Å². The van der Waals surface area contributed by atoms with E-state index in [1.165, 1.54) is 0 Å². The molecule has 0 bridgehead atoms. The average Bonchev–Trinajstić information content (AvgIpc) is 2.65. The fraction of sp³-hybridized carbons (Fsp3) is 0.500. The third-order valence-electron chi connectivity index (χ3n) is 2.15. The minimum Gasteiger partial charge on any atom is -0.359 e. The highest BCUT2D eigenvalue weighted by atomic mass is 16.1. The Bertz CT molecular complexity index is 293. The number of nitrogens with zero attached hydrogens (tertiary/aromatic N) is 1. The van der Waals surface area contributed by atoms with E-state index in [9.17, 15) is 4.79 Å². The number of nitrogens with two attached hydrogens (primary N) is 1. The molecule has 1 aromatic heterocycles. The molecule has 1 heterocycles. The van der Waals surface area contributed by atoms with E-state index in [1.54, 1.807) is 7.05 Å². The molecule has 0 aliphatic rings. The summed E-state index contributed by atoms with van der Waals surface area (Å²) in [7, 11) is 1.66. The first-order chi connectivity index (χ1) is 6.76. The lowest BCUT2D eigenvalue weighted by Crippen LogP contribution is -2.17. The van der Waals surface area contributed by atoms with Gasteiger partial charge in [0.1, 0.15) is 0 Å². The highest BCUT2D eigenvalue weighted by molar-refractivity contribution is 5.75. The molecule has 4 heteroatoms. The van der Waals surface area contributed by atoms with Crippen molar-refractivity contribution in [1.29, 1.82) is 0 Å². The van der Waals surface area contributed by atoms with E-state index >= 15 is 0 Å². The Balaban J connectivity index is 2.27. The van der Waals surface area contributed by atoms with Crippen LogP contribution in [-0.4, -0.2) is 17.5 Å². The number of amides is 1. The number of hydrogen-bond donors (Lipinski definition) is 2. The Labute approximate surface area is 84.1 Å². The number of rotatable bonds is 5. The molecule has 0 saturated heterocycles. The molecule has 0 radical (unpaired) electrons. The van der Waals surface area contributed by atoms with Crippen LogP contribution in [0.1, 0.15) is 18.4 Å². The normalized spacial score (nSPS) is 10.1. The molecule has 4 nitrogen and oxygen atoms in total. The maximum absolute atomic E-state index is 10.9. The standard InChI is InChI=1S/C10H17N3O/c1-12-10(14)3-2-5-13-6-4-9(7-11)8-13/h4,6,8H,2-3,5,7,11H2,1H3,(H,12,14). The second-order valence-corrected chi connectivity index (χ2v) is 3.24. The number of aryl methyl sites for hydroxylation is 1. The van der Waals surface area contributed by atoms with Gasteiger partial charge in [-0.3, -0.25) is 4.79 Å². The van der Waals surface area contributed by atoms with E-state index in [0.29, 0.717) is 13.0 Å². The summed E-state index contributed by atoms with van der Waals surface area (Å²) in [6.45, 7) is 1.44. The molecule has 3 N–H and O–H groups in total. The molecule has 0 aliphatic heterocycles. The van der Waals surface area contributed by atoms with E-state index in [-0.39, 0.29) is 5.91 Å². The molecule has 0 unspecified atom stereocenters. The molecule has 0 atom stereocenters. The first-order valence-corrected chi connectivity index (χ1v) is 4.81. The van der Waals surface area contributed by atoms with E-state index < -0.39 is 0 Å². The van der Waals surface area contributed by atoms with Crippen molar-refractivity contribution in [3.63, 3.8) is 0 Å². The van der Waals surface area contributed by atoms with Crippen molar-refractivity contribution in [2.24, 2.45) is 5.73 Å². The van der Waals surface area contributed by atoms with Gasteiger partial charge >= 0.3 is 0 Å². The van der Waals surface area contributed by atoms with Gasteiger partial charge in [-0.2, -0.15) is 0 Å². The maximum atomic E-state index is 10.9. The molecule has 1 aromatic rings. The van der Waals surface area contributed by atoms with Crippen LogP contribution in [0.15, 0.2) is 18.5 Å². The molecule has 14 heavy (non-hydrogen) atoms. The summed E-state index contributed by atoms with van der Waals surface area (Å²) in [6.07, 6.45) is 5.45. The van der Waals surface area contributed by atoms with Gasteiger partial charge in [0.05, 0.1) is 0 Å². The zero-order valence-electron chi connectivity index (χ0n) is 8.49. The number of hydrogen-bond acceptors (Lipinski definition) is 2. The van der Waals surface area contributed by atoms with Crippen LogP contribution in [-0.2, 0) is 17.9 Å². The van der Waals surface area contributed by atoms with E-state index in [0.717, 1.165) is 18.5 Å². The fourth-order valence-electron chi connectivity index (χ4n) is 1.30. The second-order valence-electron chi connectivity index (χ2n) is 3.24. The van der Waals surface area contributed by atoms with Crippen LogP contribution < -0.4 is 11.1 Å². The second kappa shape index (κ2) is 5.44. The summed E-state index contributed by atoms with van der Waals surface area (Å²) < 4.78 is 2.06. The molecule has 1 amide bonds. The molecule has 78 valence electrons. The predicted octanol–water partition coefficient (Wildman–Crippen LogP) is 0.473. The Hall–Kier alpha value is -1.29.